The number of halogens is 2. The van der Waals surface area contributed by atoms with Gasteiger partial charge in [0.15, 0.2) is 0 Å². The lowest BCUT2D eigenvalue weighted by atomic mass is 10.0. The molecule has 3 rings (SSSR count). The van der Waals surface area contributed by atoms with Gasteiger partial charge in [0, 0.05) is 11.6 Å². The second-order valence-corrected chi connectivity index (χ2v) is 7.04. The molecule has 9 heteroatoms. The van der Waals surface area contributed by atoms with Crippen LogP contribution in [0.2, 0.25) is 10.0 Å². The average Bonchev–Trinajstić information content (AvgIpc) is 2.99. The fourth-order valence-electron chi connectivity index (χ4n) is 2.77. The first-order chi connectivity index (χ1) is 13.2. The normalized spacial score (nSPS) is 10.8. The molecule has 0 saturated heterocycles. The van der Waals surface area contributed by atoms with Gasteiger partial charge < -0.3 is 9.84 Å². The molecule has 28 heavy (non-hydrogen) atoms. The Balaban J connectivity index is 2.08. The lowest BCUT2D eigenvalue weighted by Crippen LogP contribution is -2.15. The summed E-state index contributed by atoms with van der Waals surface area (Å²) in [4.78, 5) is 23.8. The van der Waals surface area contributed by atoms with E-state index in [0.29, 0.717) is 15.6 Å². The number of carbonyl (C=O) groups is 1. The number of nitro groups is 1. The van der Waals surface area contributed by atoms with Crippen molar-refractivity contribution >= 4 is 40.5 Å². The second-order valence-electron chi connectivity index (χ2n) is 6.22. The number of aromatic nitrogens is 1. The Morgan fingerprint density at radius 1 is 1.14 bits per heavy atom. The minimum absolute atomic E-state index is 0.0786. The molecule has 0 aliphatic carbocycles. The Morgan fingerprint density at radius 3 is 2.36 bits per heavy atom. The summed E-state index contributed by atoms with van der Waals surface area (Å²) in [5, 5.41) is 18.5. The summed E-state index contributed by atoms with van der Waals surface area (Å²) in [7, 11) is 0. The lowest BCUT2D eigenvalue weighted by molar-refractivity contribution is -0.384. The van der Waals surface area contributed by atoms with Crippen molar-refractivity contribution in [1.29, 1.82) is 0 Å². The van der Waals surface area contributed by atoms with Crippen molar-refractivity contribution < 1.29 is 14.2 Å². The smallest absolute Gasteiger partial charge is 0.293 e. The third kappa shape index (κ3) is 3.58. The number of hydrogen-bond acceptors (Lipinski definition) is 5. The number of nitrogens with zero attached hydrogens (tertiary/aromatic N) is 2. The highest BCUT2D eigenvalue weighted by Gasteiger charge is 2.27. The first-order valence-electron chi connectivity index (χ1n) is 8.18. The van der Waals surface area contributed by atoms with E-state index in [1.54, 1.807) is 45.0 Å². The van der Waals surface area contributed by atoms with Crippen molar-refractivity contribution in [2.24, 2.45) is 0 Å². The fraction of sp³-hybridized carbons (Fsp3) is 0.158. The zero-order chi connectivity index (χ0) is 20.6. The van der Waals surface area contributed by atoms with Crippen LogP contribution < -0.4 is 5.32 Å². The molecule has 0 bridgehead atoms. The van der Waals surface area contributed by atoms with Gasteiger partial charge in [0.1, 0.15) is 22.7 Å². The number of anilines is 1. The third-order valence-corrected chi connectivity index (χ3v) is 4.98. The van der Waals surface area contributed by atoms with Gasteiger partial charge in [-0.05, 0) is 50.1 Å². The van der Waals surface area contributed by atoms with Crippen LogP contribution in [-0.4, -0.2) is 16.0 Å². The molecular weight excluding hydrogens is 405 g/mol. The van der Waals surface area contributed by atoms with Crippen molar-refractivity contribution in [3.8, 4) is 11.3 Å². The number of hydrogen-bond donors (Lipinski definition) is 1. The summed E-state index contributed by atoms with van der Waals surface area (Å²) in [6, 6.07) is 7.86. The molecule has 0 saturated carbocycles. The highest BCUT2D eigenvalue weighted by molar-refractivity contribution is 6.39. The maximum atomic E-state index is 13.0. The van der Waals surface area contributed by atoms with Crippen molar-refractivity contribution in [2.75, 3.05) is 5.32 Å². The number of carbonyl (C=O) groups excluding carboxylic acids is 1. The van der Waals surface area contributed by atoms with Gasteiger partial charge in [0.25, 0.3) is 11.6 Å². The van der Waals surface area contributed by atoms with Gasteiger partial charge >= 0.3 is 0 Å². The van der Waals surface area contributed by atoms with Crippen molar-refractivity contribution in [3.63, 3.8) is 0 Å². The largest absolute Gasteiger partial charge is 0.360 e. The monoisotopic (exact) mass is 419 g/mol. The van der Waals surface area contributed by atoms with E-state index >= 15 is 0 Å². The summed E-state index contributed by atoms with van der Waals surface area (Å²) in [5.41, 5.74) is 2.03. The van der Waals surface area contributed by atoms with E-state index in [-0.39, 0.29) is 28.4 Å². The SMILES string of the molecule is Cc1cc(NC(=O)c2c(-c3c(Cl)cccc3Cl)noc2C)c([N+](=O)[O-])cc1C. The number of nitro benzene ring substituents is 1. The van der Waals surface area contributed by atoms with Crippen molar-refractivity contribution in [1.82, 2.24) is 5.16 Å². The Labute approximate surface area is 170 Å². The van der Waals surface area contributed by atoms with E-state index in [1.165, 1.54) is 6.07 Å². The van der Waals surface area contributed by atoms with Gasteiger partial charge in [-0.15, -0.1) is 0 Å². The third-order valence-electron chi connectivity index (χ3n) is 4.35. The van der Waals surface area contributed by atoms with Gasteiger partial charge in [-0.3, -0.25) is 14.9 Å². The van der Waals surface area contributed by atoms with Gasteiger partial charge in [-0.25, -0.2) is 0 Å². The van der Waals surface area contributed by atoms with E-state index in [1.807, 2.05) is 0 Å². The Bertz CT molecular complexity index is 1090. The molecule has 0 spiro atoms. The zero-order valence-electron chi connectivity index (χ0n) is 15.2. The van der Waals surface area contributed by atoms with Gasteiger partial charge in [0.2, 0.25) is 0 Å². The highest BCUT2D eigenvalue weighted by atomic mass is 35.5. The maximum Gasteiger partial charge on any atom is 0.293 e. The van der Waals surface area contributed by atoms with Gasteiger partial charge in [-0.1, -0.05) is 34.4 Å². The predicted octanol–water partition coefficient (Wildman–Crippen LogP) is 5.73. The van der Waals surface area contributed by atoms with Gasteiger partial charge in [0.05, 0.1) is 15.0 Å². The lowest BCUT2D eigenvalue weighted by Gasteiger charge is -2.10. The van der Waals surface area contributed by atoms with E-state index in [9.17, 15) is 14.9 Å². The number of nitrogens with one attached hydrogen (secondary N) is 1. The summed E-state index contributed by atoms with van der Waals surface area (Å²) >= 11 is 12.5. The Kier molecular flexibility index (Phi) is 5.40. The van der Waals surface area contributed by atoms with Crippen molar-refractivity contribution in [3.05, 3.63) is 72.9 Å². The molecule has 3 aromatic rings. The summed E-state index contributed by atoms with van der Waals surface area (Å²) in [6.07, 6.45) is 0. The topological polar surface area (TPSA) is 98.3 Å². The Morgan fingerprint density at radius 2 is 1.75 bits per heavy atom. The number of aryl methyl sites for hydroxylation is 3. The quantitative estimate of drug-likeness (QED) is 0.429. The standard InChI is InChI=1S/C19H15Cl2N3O4/c1-9-7-14(15(24(26)27)8-10(9)2)22-19(25)16-11(3)28-23-18(16)17-12(20)5-4-6-13(17)21/h4-8H,1-3H3,(H,22,25). The van der Waals surface area contributed by atoms with Crippen LogP contribution in [0.3, 0.4) is 0 Å². The molecule has 0 radical (unpaired) electrons. The van der Waals surface area contributed by atoms with Crippen LogP contribution in [0.4, 0.5) is 11.4 Å². The van der Waals surface area contributed by atoms with Crippen molar-refractivity contribution in [2.45, 2.75) is 20.8 Å². The molecule has 2 aromatic carbocycles. The molecule has 1 N–H and O–H groups in total. The molecule has 7 nitrogen and oxygen atoms in total. The number of benzene rings is 2. The van der Waals surface area contributed by atoms with Crippen LogP contribution in [0.15, 0.2) is 34.9 Å². The molecule has 0 unspecified atom stereocenters. The molecule has 0 aliphatic rings. The molecule has 144 valence electrons. The molecule has 1 aromatic heterocycles. The number of rotatable bonds is 4. The summed E-state index contributed by atoms with van der Waals surface area (Å²) < 4.78 is 5.18. The predicted molar refractivity (Wildman–Crippen MR) is 107 cm³/mol. The van der Waals surface area contributed by atoms with E-state index in [4.69, 9.17) is 27.7 Å². The number of amides is 1. The van der Waals surface area contributed by atoms with Crippen LogP contribution in [0.5, 0.6) is 0 Å². The first-order valence-corrected chi connectivity index (χ1v) is 8.94. The molecule has 0 aliphatic heterocycles. The van der Waals surface area contributed by atoms with Gasteiger partial charge in [-0.2, -0.15) is 0 Å². The molecule has 1 amide bonds. The van der Waals surface area contributed by atoms with Crippen LogP contribution >= 0.6 is 23.2 Å². The van der Waals surface area contributed by atoms with E-state index < -0.39 is 10.8 Å². The minimum Gasteiger partial charge on any atom is -0.360 e. The maximum absolute atomic E-state index is 13.0. The zero-order valence-corrected chi connectivity index (χ0v) is 16.7. The van der Waals surface area contributed by atoms with Crippen LogP contribution in [0, 0.1) is 30.9 Å². The van der Waals surface area contributed by atoms with Crippen LogP contribution in [0.25, 0.3) is 11.3 Å². The fourth-order valence-corrected chi connectivity index (χ4v) is 3.35. The second kappa shape index (κ2) is 7.61. The first kappa shape index (κ1) is 19.9. The Hall–Kier alpha value is -2.90. The molecule has 0 atom stereocenters. The highest BCUT2D eigenvalue weighted by Crippen LogP contribution is 2.37. The molecule has 0 fully saturated rings. The summed E-state index contributed by atoms with van der Waals surface area (Å²) in [5.74, 6) is -0.383. The molecular formula is C19H15Cl2N3O4. The van der Waals surface area contributed by atoms with E-state index in [0.717, 1.165) is 11.1 Å². The summed E-state index contributed by atoms with van der Waals surface area (Å²) in [6.45, 7) is 5.12. The van der Waals surface area contributed by atoms with E-state index in [2.05, 4.69) is 10.5 Å². The van der Waals surface area contributed by atoms with Crippen LogP contribution in [0.1, 0.15) is 27.2 Å². The minimum atomic E-state index is -0.615. The molecule has 1 heterocycles. The average molecular weight is 420 g/mol. The van der Waals surface area contributed by atoms with Crippen LogP contribution in [-0.2, 0) is 0 Å².